The zero-order valence-corrected chi connectivity index (χ0v) is 14.3. The Labute approximate surface area is 117 Å². The molecule has 0 rings (SSSR count). The lowest BCUT2D eigenvalue weighted by Gasteiger charge is -2.45. The highest BCUT2D eigenvalue weighted by Gasteiger charge is 2.54. The van der Waals surface area contributed by atoms with Crippen LogP contribution in [0.3, 0.4) is 0 Å². The topological polar surface area (TPSA) is 6.48 Å². The Morgan fingerprint density at radius 2 is 0.842 bits per heavy atom. The molecule has 0 unspecified atom stereocenters. The van der Waals surface area contributed by atoms with E-state index in [0.717, 1.165) is 0 Å². The molecule has 0 atom stereocenters. The Hall–Kier alpha value is -0.0731. The van der Waals surface area contributed by atoms with Crippen LogP contribution in [0.15, 0.2) is 0 Å². The normalized spacial score (nSPS) is 14.2. The Bertz CT molecular complexity index is 229. The number of halogens is 3. The Kier molecular flexibility index (Phi) is 7.06. The van der Waals surface area contributed by atoms with Gasteiger partial charge in [-0.15, -0.1) is 0 Å². The van der Waals surface area contributed by atoms with E-state index in [-0.39, 0.29) is 24.2 Å². The van der Waals surface area contributed by atoms with Crippen LogP contribution in [0.2, 0.25) is 0 Å². The molecule has 0 aliphatic carbocycles. The standard InChI is InChI=1S/C13H28F3N2Si/c1-9(2)17(10(3)4)19(13(14,15)16)18(11(5)6)12(7)8/h9-12H,1-8H3. The van der Waals surface area contributed by atoms with Gasteiger partial charge < -0.3 is 9.13 Å². The molecule has 0 aromatic carbocycles. The summed E-state index contributed by atoms with van der Waals surface area (Å²) >= 11 is 0. The van der Waals surface area contributed by atoms with Crippen LogP contribution in [0.5, 0.6) is 0 Å². The van der Waals surface area contributed by atoms with Crippen molar-refractivity contribution >= 4 is 9.12 Å². The van der Waals surface area contributed by atoms with Crippen LogP contribution in [0.25, 0.3) is 0 Å². The minimum Gasteiger partial charge on any atom is -0.300 e. The van der Waals surface area contributed by atoms with E-state index in [1.165, 1.54) is 0 Å². The molecule has 0 amide bonds. The molecule has 0 heterocycles. The van der Waals surface area contributed by atoms with E-state index in [2.05, 4.69) is 0 Å². The molecule has 115 valence electrons. The molecule has 0 saturated carbocycles. The SMILES string of the molecule is CC(C)N(C(C)C)[Si](N(C(C)C)C(C)C)C(F)(F)F. The van der Waals surface area contributed by atoms with Crippen molar-refractivity contribution in [2.45, 2.75) is 85.4 Å². The molecule has 1 radical (unpaired) electrons. The molecule has 19 heavy (non-hydrogen) atoms. The summed E-state index contributed by atoms with van der Waals surface area (Å²) in [5.41, 5.74) is 0. The van der Waals surface area contributed by atoms with Gasteiger partial charge in [0.2, 0.25) is 0 Å². The fourth-order valence-corrected chi connectivity index (χ4v) is 5.41. The maximum Gasteiger partial charge on any atom is 0.393 e. The first kappa shape index (κ1) is 18.9. The maximum atomic E-state index is 13.6. The maximum absolute atomic E-state index is 13.6. The molecule has 0 aliphatic rings. The number of alkyl halides is 3. The second-order valence-corrected chi connectivity index (χ2v) is 8.26. The highest BCUT2D eigenvalue weighted by atomic mass is 28.3. The summed E-state index contributed by atoms with van der Waals surface area (Å²) in [6.45, 7) is 14.7. The number of rotatable bonds is 6. The zero-order chi connectivity index (χ0) is 15.5. The van der Waals surface area contributed by atoms with E-state index >= 15 is 0 Å². The molecular weight excluding hydrogens is 269 g/mol. The molecule has 6 heteroatoms. The third-order valence-electron chi connectivity index (χ3n) is 2.97. The second-order valence-electron chi connectivity index (χ2n) is 6.01. The largest absolute Gasteiger partial charge is 0.393 e. The number of nitrogens with zero attached hydrogens (tertiary/aromatic N) is 2. The molecule has 0 aromatic rings. The first-order chi connectivity index (χ1) is 8.41. The van der Waals surface area contributed by atoms with Crippen LogP contribution in [-0.2, 0) is 0 Å². The van der Waals surface area contributed by atoms with Gasteiger partial charge in [0.05, 0.1) is 0 Å². The van der Waals surface area contributed by atoms with Crippen LogP contribution < -0.4 is 0 Å². The third kappa shape index (κ3) is 5.08. The molecule has 0 saturated heterocycles. The molecule has 0 fully saturated rings. The predicted octanol–water partition coefficient (Wildman–Crippen LogP) is 3.81. The average molecular weight is 297 g/mol. The summed E-state index contributed by atoms with van der Waals surface area (Å²) in [7, 11) is -2.77. The van der Waals surface area contributed by atoms with Gasteiger partial charge in [0.1, 0.15) is 0 Å². The third-order valence-corrected chi connectivity index (χ3v) is 6.52. The van der Waals surface area contributed by atoms with E-state index in [1.807, 2.05) is 55.4 Å². The van der Waals surface area contributed by atoms with Gasteiger partial charge >= 0.3 is 14.9 Å². The second kappa shape index (κ2) is 7.08. The quantitative estimate of drug-likeness (QED) is 0.688. The van der Waals surface area contributed by atoms with Crippen molar-refractivity contribution in [2.75, 3.05) is 0 Å². The summed E-state index contributed by atoms with van der Waals surface area (Å²) in [5.74, 6) is -4.16. The molecule has 0 bridgehead atoms. The Morgan fingerprint density at radius 1 is 0.632 bits per heavy atom. The molecule has 2 nitrogen and oxygen atoms in total. The minimum atomic E-state index is -4.16. The van der Waals surface area contributed by atoms with Gasteiger partial charge in [0, 0.05) is 0 Å². The highest BCUT2D eigenvalue weighted by Crippen LogP contribution is 2.29. The zero-order valence-electron chi connectivity index (χ0n) is 13.3. The van der Waals surface area contributed by atoms with Gasteiger partial charge in [-0.25, -0.2) is 0 Å². The highest BCUT2D eigenvalue weighted by molar-refractivity contribution is 6.55. The van der Waals surface area contributed by atoms with E-state index in [1.54, 1.807) is 9.13 Å². The number of hydrogen-bond acceptors (Lipinski definition) is 2. The molecule has 0 spiro atoms. The van der Waals surface area contributed by atoms with Gasteiger partial charge in [0.25, 0.3) is 0 Å². The van der Waals surface area contributed by atoms with Crippen LogP contribution >= 0.6 is 0 Å². The molecule has 0 aromatic heterocycles. The first-order valence-electron chi connectivity index (χ1n) is 6.92. The van der Waals surface area contributed by atoms with E-state index in [0.29, 0.717) is 0 Å². The molecule has 0 N–H and O–H groups in total. The monoisotopic (exact) mass is 297 g/mol. The molecular formula is C13H28F3N2Si. The van der Waals surface area contributed by atoms with Crippen molar-refractivity contribution in [2.24, 2.45) is 0 Å². The van der Waals surface area contributed by atoms with Crippen LogP contribution in [0, 0.1) is 0 Å². The lowest BCUT2D eigenvalue weighted by Crippen LogP contribution is -2.68. The van der Waals surface area contributed by atoms with Crippen LogP contribution in [0.4, 0.5) is 13.2 Å². The van der Waals surface area contributed by atoms with E-state index in [4.69, 9.17) is 0 Å². The Morgan fingerprint density at radius 3 is 0.947 bits per heavy atom. The summed E-state index contributed by atoms with van der Waals surface area (Å²) in [4.78, 5) is 0. The van der Waals surface area contributed by atoms with Crippen molar-refractivity contribution in [3.63, 3.8) is 0 Å². The summed E-state index contributed by atoms with van der Waals surface area (Å²) in [5, 5.41) is 0. The summed E-state index contributed by atoms with van der Waals surface area (Å²) < 4.78 is 44.2. The van der Waals surface area contributed by atoms with Crippen molar-refractivity contribution in [3.05, 3.63) is 0 Å². The van der Waals surface area contributed by atoms with E-state index < -0.39 is 14.9 Å². The fourth-order valence-electron chi connectivity index (χ4n) is 2.60. The lowest BCUT2D eigenvalue weighted by molar-refractivity contribution is -0.0742. The first-order valence-corrected chi connectivity index (χ1v) is 8.31. The van der Waals surface area contributed by atoms with Gasteiger partial charge in [-0.3, -0.25) is 0 Å². The van der Waals surface area contributed by atoms with Gasteiger partial charge in [0.15, 0.2) is 0 Å². The molecule has 0 aliphatic heterocycles. The van der Waals surface area contributed by atoms with Gasteiger partial charge in [-0.1, -0.05) is 55.4 Å². The van der Waals surface area contributed by atoms with E-state index in [9.17, 15) is 13.2 Å². The van der Waals surface area contributed by atoms with Crippen molar-refractivity contribution in [1.82, 2.24) is 9.13 Å². The van der Waals surface area contributed by atoms with Crippen molar-refractivity contribution in [3.8, 4) is 0 Å². The van der Waals surface area contributed by atoms with Crippen LogP contribution in [0.1, 0.15) is 55.4 Å². The Balaban J connectivity index is 5.65. The average Bonchev–Trinajstić information content (AvgIpc) is 2.12. The minimum absolute atomic E-state index is 0.115. The number of hydrogen-bond donors (Lipinski definition) is 0. The van der Waals surface area contributed by atoms with Gasteiger partial charge in [-0.05, 0) is 24.2 Å². The summed E-state index contributed by atoms with van der Waals surface area (Å²) in [6, 6.07) is -0.461. The smallest absolute Gasteiger partial charge is 0.300 e. The van der Waals surface area contributed by atoms with Crippen molar-refractivity contribution in [1.29, 1.82) is 0 Å². The lowest BCUT2D eigenvalue weighted by atomic mass is 10.3. The van der Waals surface area contributed by atoms with Crippen molar-refractivity contribution < 1.29 is 13.2 Å². The van der Waals surface area contributed by atoms with Crippen LogP contribution in [-0.4, -0.2) is 48.2 Å². The predicted molar refractivity (Wildman–Crippen MR) is 76.0 cm³/mol. The van der Waals surface area contributed by atoms with Gasteiger partial charge in [-0.2, -0.15) is 13.2 Å². The summed E-state index contributed by atoms with van der Waals surface area (Å²) in [6.07, 6.45) is 0. The fraction of sp³-hybridized carbons (Fsp3) is 1.00.